The van der Waals surface area contributed by atoms with E-state index < -0.39 is 0 Å². The van der Waals surface area contributed by atoms with Crippen LogP contribution in [0.4, 0.5) is 0 Å². The Bertz CT molecular complexity index is 535. The zero-order valence-electron chi connectivity index (χ0n) is 15.0. The summed E-state index contributed by atoms with van der Waals surface area (Å²) in [5.74, 6) is 2.10. The van der Waals surface area contributed by atoms with E-state index in [-0.39, 0.29) is 24.0 Å². The van der Waals surface area contributed by atoms with Crippen LogP contribution < -0.4 is 5.32 Å². The van der Waals surface area contributed by atoms with Crippen LogP contribution >= 0.6 is 24.0 Å². The van der Waals surface area contributed by atoms with Crippen molar-refractivity contribution in [3.8, 4) is 0 Å². The Kier molecular flexibility index (Phi) is 7.31. The first-order chi connectivity index (χ1) is 11.3. The van der Waals surface area contributed by atoms with Crippen LogP contribution in [0.3, 0.4) is 0 Å². The van der Waals surface area contributed by atoms with Crippen molar-refractivity contribution in [2.24, 2.45) is 10.4 Å². The molecule has 0 atom stereocenters. The Morgan fingerprint density at radius 2 is 2.08 bits per heavy atom. The number of guanidine groups is 1. The molecule has 2 fully saturated rings. The van der Waals surface area contributed by atoms with Gasteiger partial charge in [-0.3, -0.25) is 4.99 Å². The molecule has 0 radical (unpaired) electrons. The van der Waals surface area contributed by atoms with Crippen molar-refractivity contribution in [2.75, 3.05) is 26.7 Å². The molecule has 1 saturated carbocycles. The zero-order chi connectivity index (χ0) is 16.1. The van der Waals surface area contributed by atoms with E-state index in [2.05, 4.69) is 36.9 Å². The van der Waals surface area contributed by atoms with E-state index in [0.29, 0.717) is 5.41 Å². The van der Waals surface area contributed by atoms with E-state index in [9.17, 15) is 0 Å². The first-order valence-corrected chi connectivity index (χ1v) is 9.09. The van der Waals surface area contributed by atoms with Crippen LogP contribution in [0.25, 0.3) is 0 Å². The van der Waals surface area contributed by atoms with Gasteiger partial charge in [0.05, 0.1) is 0 Å². The van der Waals surface area contributed by atoms with Gasteiger partial charge in [-0.25, -0.2) is 0 Å². The van der Waals surface area contributed by atoms with E-state index in [1.807, 2.05) is 13.4 Å². The highest BCUT2D eigenvalue weighted by atomic mass is 127. The molecule has 1 N–H and O–H groups in total. The summed E-state index contributed by atoms with van der Waals surface area (Å²) in [6.45, 7) is 6.18. The lowest BCUT2D eigenvalue weighted by atomic mass is 9.73. The zero-order valence-corrected chi connectivity index (χ0v) is 17.3. The number of nitrogens with zero attached hydrogens (tertiary/aromatic N) is 5. The number of hydrogen-bond acceptors (Lipinski definition) is 3. The molecule has 0 unspecified atom stereocenters. The number of aliphatic imine (C=N–C) groups is 1. The van der Waals surface area contributed by atoms with Gasteiger partial charge in [-0.15, -0.1) is 34.2 Å². The van der Waals surface area contributed by atoms with Gasteiger partial charge < -0.3 is 14.8 Å². The van der Waals surface area contributed by atoms with Gasteiger partial charge >= 0.3 is 0 Å². The van der Waals surface area contributed by atoms with Gasteiger partial charge in [-0.1, -0.05) is 26.2 Å². The Morgan fingerprint density at radius 3 is 2.79 bits per heavy atom. The molecule has 0 bridgehead atoms. The Hall–Kier alpha value is -0.860. The van der Waals surface area contributed by atoms with E-state index in [1.165, 1.54) is 45.1 Å². The normalized spacial score (nSPS) is 20.2. The van der Waals surface area contributed by atoms with Crippen molar-refractivity contribution in [1.82, 2.24) is 25.0 Å². The van der Waals surface area contributed by atoms with Crippen LogP contribution in [0.5, 0.6) is 0 Å². The molecular weight excluding hydrogens is 415 g/mol. The first kappa shape index (κ1) is 19.5. The molecule has 136 valence electrons. The van der Waals surface area contributed by atoms with Crippen LogP contribution in [-0.4, -0.2) is 52.3 Å². The molecule has 1 aliphatic carbocycles. The second-order valence-electron chi connectivity index (χ2n) is 7.00. The molecule has 7 heteroatoms. The van der Waals surface area contributed by atoms with Crippen molar-refractivity contribution in [3.63, 3.8) is 0 Å². The second kappa shape index (κ2) is 9.01. The van der Waals surface area contributed by atoms with Crippen LogP contribution in [0, 0.1) is 5.41 Å². The maximum atomic E-state index is 4.50. The maximum Gasteiger partial charge on any atom is 0.193 e. The predicted molar refractivity (Wildman–Crippen MR) is 108 cm³/mol. The molecule has 0 aromatic carbocycles. The fourth-order valence-electron chi connectivity index (χ4n) is 4.19. The highest BCUT2D eigenvalue weighted by Gasteiger charge is 2.39. The minimum atomic E-state index is 0. The lowest BCUT2D eigenvalue weighted by Gasteiger charge is -2.33. The quantitative estimate of drug-likeness (QED) is 0.439. The van der Waals surface area contributed by atoms with E-state index in [0.717, 1.165) is 37.8 Å². The highest BCUT2D eigenvalue weighted by Crippen LogP contribution is 2.43. The molecule has 24 heavy (non-hydrogen) atoms. The minimum absolute atomic E-state index is 0. The SMILES string of the molecule is CCc1nncn1CCNC(=NC)N1CCC2(CCCCC2)C1.I. The van der Waals surface area contributed by atoms with Gasteiger partial charge in [0.2, 0.25) is 0 Å². The van der Waals surface area contributed by atoms with Gasteiger partial charge in [-0.05, 0) is 24.7 Å². The summed E-state index contributed by atoms with van der Waals surface area (Å²) in [7, 11) is 1.89. The summed E-state index contributed by atoms with van der Waals surface area (Å²) in [6, 6.07) is 0. The van der Waals surface area contributed by atoms with Crippen LogP contribution in [0.1, 0.15) is 51.3 Å². The number of halogens is 1. The topological polar surface area (TPSA) is 58.3 Å². The van der Waals surface area contributed by atoms with E-state index >= 15 is 0 Å². The molecule has 6 nitrogen and oxygen atoms in total. The van der Waals surface area contributed by atoms with Crippen molar-refractivity contribution >= 4 is 29.9 Å². The third-order valence-electron chi connectivity index (χ3n) is 5.51. The number of aromatic nitrogens is 3. The average Bonchev–Trinajstić information content (AvgIpc) is 3.19. The summed E-state index contributed by atoms with van der Waals surface area (Å²) in [6.07, 6.45) is 11.1. The number of nitrogens with one attached hydrogen (secondary N) is 1. The van der Waals surface area contributed by atoms with Crippen molar-refractivity contribution < 1.29 is 0 Å². The molecule has 2 aliphatic rings. The van der Waals surface area contributed by atoms with Crippen molar-refractivity contribution in [3.05, 3.63) is 12.2 Å². The third kappa shape index (κ3) is 4.40. The largest absolute Gasteiger partial charge is 0.354 e. The Balaban J connectivity index is 0.00000208. The van der Waals surface area contributed by atoms with Gasteiger partial charge in [0, 0.05) is 39.6 Å². The molecule has 1 aromatic rings. The molecule has 1 spiro atoms. The number of likely N-dealkylation sites (tertiary alicyclic amines) is 1. The average molecular weight is 446 g/mol. The summed E-state index contributed by atoms with van der Waals surface area (Å²) < 4.78 is 2.12. The molecular formula is C17H31IN6. The summed E-state index contributed by atoms with van der Waals surface area (Å²) in [5.41, 5.74) is 0.569. The predicted octanol–water partition coefficient (Wildman–Crippen LogP) is 2.69. The fraction of sp³-hybridized carbons (Fsp3) is 0.824. The van der Waals surface area contributed by atoms with Gasteiger partial charge in [0.1, 0.15) is 12.2 Å². The minimum Gasteiger partial charge on any atom is -0.354 e. The van der Waals surface area contributed by atoms with Gasteiger partial charge in [-0.2, -0.15) is 0 Å². The Labute approximate surface area is 162 Å². The van der Waals surface area contributed by atoms with Crippen LogP contribution in [0.15, 0.2) is 11.3 Å². The summed E-state index contributed by atoms with van der Waals surface area (Å²) >= 11 is 0. The summed E-state index contributed by atoms with van der Waals surface area (Å²) in [4.78, 5) is 6.96. The monoisotopic (exact) mass is 446 g/mol. The summed E-state index contributed by atoms with van der Waals surface area (Å²) in [5, 5.41) is 11.6. The van der Waals surface area contributed by atoms with Crippen LogP contribution in [-0.2, 0) is 13.0 Å². The molecule has 1 saturated heterocycles. The molecule has 3 rings (SSSR count). The highest BCUT2D eigenvalue weighted by molar-refractivity contribution is 14.0. The van der Waals surface area contributed by atoms with Crippen LogP contribution in [0.2, 0.25) is 0 Å². The first-order valence-electron chi connectivity index (χ1n) is 9.09. The van der Waals surface area contributed by atoms with Crippen molar-refractivity contribution in [2.45, 2.75) is 58.4 Å². The fourth-order valence-corrected chi connectivity index (χ4v) is 4.19. The molecule has 1 aromatic heterocycles. The van der Waals surface area contributed by atoms with Gasteiger partial charge in [0.15, 0.2) is 5.96 Å². The van der Waals surface area contributed by atoms with Gasteiger partial charge in [0.25, 0.3) is 0 Å². The number of aryl methyl sites for hydroxylation is 1. The second-order valence-corrected chi connectivity index (χ2v) is 7.00. The van der Waals surface area contributed by atoms with E-state index in [4.69, 9.17) is 0 Å². The number of hydrogen-bond donors (Lipinski definition) is 1. The lowest BCUT2D eigenvalue weighted by molar-refractivity contribution is 0.203. The third-order valence-corrected chi connectivity index (χ3v) is 5.51. The molecule has 2 heterocycles. The Morgan fingerprint density at radius 1 is 1.29 bits per heavy atom. The lowest BCUT2D eigenvalue weighted by Crippen LogP contribution is -2.42. The standard InChI is InChI=1S/C17H30N6.HI/c1-3-15-21-20-14-23(15)12-10-19-16(18-2)22-11-9-17(13-22)7-5-4-6-8-17;/h14H,3-13H2,1-2H3,(H,18,19);1H. The molecule has 1 aliphatic heterocycles. The maximum absolute atomic E-state index is 4.50. The number of rotatable bonds is 4. The molecule has 0 amide bonds. The smallest absolute Gasteiger partial charge is 0.193 e. The van der Waals surface area contributed by atoms with Crippen molar-refractivity contribution in [1.29, 1.82) is 0 Å². The van der Waals surface area contributed by atoms with E-state index in [1.54, 1.807) is 0 Å².